The minimum absolute atomic E-state index is 0.134. The Kier molecular flexibility index (Phi) is 5.62. The van der Waals surface area contributed by atoms with Crippen LogP contribution in [-0.2, 0) is 6.42 Å². The first-order valence-corrected chi connectivity index (χ1v) is 10.4. The number of rotatable bonds is 4. The summed E-state index contributed by atoms with van der Waals surface area (Å²) in [4.78, 5) is 19.0. The second kappa shape index (κ2) is 8.32. The van der Waals surface area contributed by atoms with Crippen molar-refractivity contribution in [1.82, 2.24) is 20.1 Å². The molecule has 0 saturated heterocycles. The van der Waals surface area contributed by atoms with Crippen LogP contribution < -0.4 is 10.2 Å². The van der Waals surface area contributed by atoms with Gasteiger partial charge in [-0.15, -0.1) is 0 Å². The van der Waals surface area contributed by atoms with Gasteiger partial charge in [-0.25, -0.2) is 13.9 Å². The number of carbonyl (C=O) groups is 1. The van der Waals surface area contributed by atoms with Gasteiger partial charge in [0.2, 0.25) is 0 Å². The molecule has 6 nitrogen and oxygen atoms in total. The molecule has 4 rings (SSSR count). The van der Waals surface area contributed by atoms with Crippen molar-refractivity contribution in [3.05, 3.63) is 70.5 Å². The highest BCUT2D eigenvalue weighted by Crippen LogP contribution is 2.30. The summed E-state index contributed by atoms with van der Waals surface area (Å²) in [5.74, 6) is -0.288. The Labute approximate surface area is 176 Å². The molecule has 0 aliphatic carbocycles. The van der Waals surface area contributed by atoms with Crippen LogP contribution in [0.5, 0.6) is 0 Å². The van der Waals surface area contributed by atoms with Gasteiger partial charge in [0.25, 0.3) is 0 Å². The number of amides is 2. The number of urea groups is 1. The van der Waals surface area contributed by atoms with Crippen LogP contribution in [0.15, 0.2) is 53.4 Å². The van der Waals surface area contributed by atoms with E-state index in [9.17, 15) is 9.18 Å². The minimum atomic E-state index is -0.288. The van der Waals surface area contributed by atoms with Crippen molar-refractivity contribution in [2.24, 2.45) is 0 Å². The molecule has 2 amide bonds. The summed E-state index contributed by atoms with van der Waals surface area (Å²) >= 11 is 3.43. The van der Waals surface area contributed by atoms with Crippen LogP contribution in [-0.4, -0.2) is 27.3 Å². The van der Waals surface area contributed by atoms with Gasteiger partial charge < -0.3 is 5.32 Å². The lowest BCUT2D eigenvalue weighted by atomic mass is 10.1. The number of nitrogens with one attached hydrogen (secondary N) is 1. The van der Waals surface area contributed by atoms with Crippen LogP contribution in [0.25, 0.3) is 5.69 Å². The van der Waals surface area contributed by atoms with Gasteiger partial charge >= 0.3 is 6.03 Å². The van der Waals surface area contributed by atoms with Gasteiger partial charge in [0, 0.05) is 23.4 Å². The molecule has 8 heteroatoms. The highest BCUT2D eigenvalue weighted by atomic mass is 79.9. The average molecular weight is 458 g/mol. The number of hydrogen-bond acceptors (Lipinski definition) is 3. The largest absolute Gasteiger partial charge is 0.331 e. The monoisotopic (exact) mass is 457 g/mol. The summed E-state index contributed by atoms with van der Waals surface area (Å²) in [6, 6.07) is 7.88. The van der Waals surface area contributed by atoms with Crippen LogP contribution >= 0.6 is 15.9 Å². The standard InChI is InChI=1S/C21H21BrFN5O/c1-2-18(14-10-15(22)12-24-11-14)26-21(29)27-9-3-4-19-20(27)13-25-28(19)17-7-5-16(23)6-8-17/h5-8,10-13,18H,2-4,9H2,1H3,(H,26,29)/t18-/m0/s1. The van der Waals surface area contributed by atoms with Crippen LogP contribution in [0.3, 0.4) is 0 Å². The summed E-state index contributed by atoms with van der Waals surface area (Å²) in [6.07, 6.45) is 7.59. The number of hydrogen-bond donors (Lipinski definition) is 1. The molecule has 1 atom stereocenters. The molecule has 0 fully saturated rings. The maximum atomic E-state index is 13.3. The number of anilines is 1. The molecule has 1 aliphatic rings. The molecule has 1 aliphatic heterocycles. The fourth-order valence-corrected chi connectivity index (χ4v) is 4.01. The first-order valence-electron chi connectivity index (χ1n) is 9.58. The molecule has 150 valence electrons. The van der Waals surface area contributed by atoms with Gasteiger partial charge in [-0.05, 0) is 71.1 Å². The van der Waals surface area contributed by atoms with E-state index in [2.05, 4.69) is 31.3 Å². The maximum absolute atomic E-state index is 13.3. The molecule has 0 spiro atoms. The van der Waals surface area contributed by atoms with E-state index in [1.54, 1.807) is 40.3 Å². The Morgan fingerprint density at radius 2 is 2.07 bits per heavy atom. The predicted octanol–water partition coefficient (Wildman–Crippen LogP) is 4.78. The third kappa shape index (κ3) is 4.03. The molecule has 0 unspecified atom stereocenters. The van der Waals surface area contributed by atoms with E-state index in [0.717, 1.165) is 46.4 Å². The van der Waals surface area contributed by atoms with Gasteiger partial charge in [-0.2, -0.15) is 5.10 Å². The lowest BCUT2D eigenvalue weighted by molar-refractivity contribution is 0.241. The first-order chi connectivity index (χ1) is 14.1. The Hall–Kier alpha value is -2.74. The average Bonchev–Trinajstić information content (AvgIpc) is 3.16. The summed E-state index contributed by atoms with van der Waals surface area (Å²) in [5, 5.41) is 7.57. The molecule has 1 aromatic carbocycles. The summed E-state index contributed by atoms with van der Waals surface area (Å²) < 4.78 is 15.9. The minimum Gasteiger partial charge on any atom is -0.331 e. The fourth-order valence-electron chi connectivity index (χ4n) is 3.63. The molecule has 0 bridgehead atoms. The Morgan fingerprint density at radius 3 is 2.79 bits per heavy atom. The van der Waals surface area contributed by atoms with Crippen LogP contribution in [0.1, 0.15) is 37.1 Å². The van der Waals surface area contributed by atoms with E-state index in [1.807, 2.05) is 13.0 Å². The number of aromatic nitrogens is 3. The van der Waals surface area contributed by atoms with E-state index in [4.69, 9.17) is 0 Å². The fraction of sp³-hybridized carbons (Fsp3) is 0.286. The normalized spacial score (nSPS) is 14.4. The Bertz CT molecular complexity index is 1020. The molecular formula is C21H21BrFN5O. The van der Waals surface area contributed by atoms with Crippen LogP contribution in [0, 0.1) is 5.82 Å². The molecule has 3 heterocycles. The van der Waals surface area contributed by atoms with E-state index in [0.29, 0.717) is 6.54 Å². The van der Waals surface area contributed by atoms with Crippen molar-refractivity contribution in [3.63, 3.8) is 0 Å². The van der Waals surface area contributed by atoms with Crippen molar-refractivity contribution >= 4 is 27.6 Å². The van der Waals surface area contributed by atoms with Gasteiger partial charge in [0.15, 0.2) is 0 Å². The lowest BCUT2D eigenvalue weighted by Gasteiger charge is -2.29. The van der Waals surface area contributed by atoms with Gasteiger partial charge in [-0.3, -0.25) is 9.88 Å². The number of benzene rings is 1. The highest BCUT2D eigenvalue weighted by molar-refractivity contribution is 9.10. The van der Waals surface area contributed by atoms with Crippen molar-refractivity contribution in [2.75, 3.05) is 11.4 Å². The molecule has 0 radical (unpaired) electrons. The zero-order chi connectivity index (χ0) is 20.4. The molecule has 3 aromatic rings. The molecule has 2 aromatic heterocycles. The number of halogens is 2. The van der Waals surface area contributed by atoms with Crippen LogP contribution in [0.4, 0.5) is 14.9 Å². The first kappa shape index (κ1) is 19.6. The zero-order valence-electron chi connectivity index (χ0n) is 16.0. The van der Waals surface area contributed by atoms with Gasteiger partial charge in [-0.1, -0.05) is 6.92 Å². The van der Waals surface area contributed by atoms with Crippen molar-refractivity contribution < 1.29 is 9.18 Å². The second-order valence-electron chi connectivity index (χ2n) is 6.97. The lowest BCUT2D eigenvalue weighted by Crippen LogP contribution is -2.44. The number of carbonyl (C=O) groups excluding carboxylic acids is 1. The summed E-state index contributed by atoms with van der Waals surface area (Å²) in [6.45, 7) is 2.65. The van der Waals surface area contributed by atoms with E-state index in [1.165, 1.54) is 12.1 Å². The van der Waals surface area contributed by atoms with E-state index in [-0.39, 0.29) is 17.9 Å². The van der Waals surface area contributed by atoms with Crippen molar-refractivity contribution in [3.8, 4) is 5.69 Å². The Balaban J connectivity index is 1.57. The zero-order valence-corrected chi connectivity index (χ0v) is 17.6. The smallest absolute Gasteiger partial charge is 0.322 e. The number of fused-ring (bicyclic) bond motifs is 1. The highest BCUT2D eigenvalue weighted by Gasteiger charge is 2.28. The quantitative estimate of drug-likeness (QED) is 0.612. The third-order valence-corrected chi connectivity index (χ3v) is 5.52. The van der Waals surface area contributed by atoms with E-state index >= 15 is 0 Å². The summed E-state index contributed by atoms with van der Waals surface area (Å²) in [5.41, 5.74) is 3.48. The summed E-state index contributed by atoms with van der Waals surface area (Å²) in [7, 11) is 0. The topological polar surface area (TPSA) is 63.1 Å². The van der Waals surface area contributed by atoms with Gasteiger partial charge in [0.05, 0.1) is 29.3 Å². The third-order valence-electron chi connectivity index (χ3n) is 5.08. The number of pyridine rings is 1. The SMILES string of the molecule is CC[C@H](NC(=O)N1CCCc2c1cnn2-c1ccc(F)cc1)c1cncc(Br)c1. The van der Waals surface area contributed by atoms with Crippen LogP contribution in [0.2, 0.25) is 0 Å². The van der Waals surface area contributed by atoms with Crippen molar-refractivity contribution in [2.45, 2.75) is 32.2 Å². The molecule has 1 N–H and O–H groups in total. The Morgan fingerprint density at radius 1 is 1.28 bits per heavy atom. The molecular weight excluding hydrogens is 437 g/mol. The molecule has 29 heavy (non-hydrogen) atoms. The second-order valence-corrected chi connectivity index (χ2v) is 7.88. The molecule has 0 saturated carbocycles. The predicted molar refractivity (Wildman–Crippen MR) is 113 cm³/mol. The number of nitrogens with zero attached hydrogens (tertiary/aromatic N) is 4. The van der Waals surface area contributed by atoms with E-state index < -0.39 is 0 Å². The van der Waals surface area contributed by atoms with Crippen molar-refractivity contribution in [1.29, 1.82) is 0 Å². The maximum Gasteiger partial charge on any atom is 0.322 e. The van der Waals surface area contributed by atoms with Gasteiger partial charge in [0.1, 0.15) is 5.82 Å².